The fourth-order valence-electron chi connectivity index (χ4n) is 3.60. The number of carbonyl (C=O) groups is 1. The SMILES string of the molecule is Cn1c(SCC(=O)NC2(C#N)CCCC2)nc2sc(-c3ccccc3)cc2c1=O. The summed E-state index contributed by atoms with van der Waals surface area (Å²) in [6.07, 6.45) is 3.30. The van der Waals surface area contributed by atoms with E-state index >= 15 is 0 Å². The summed E-state index contributed by atoms with van der Waals surface area (Å²) >= 11 is 2.69. The van der Waals surface area contributed by atoms with E-state index in [1.807, 2.05) is 36.4 Å². The molecule has 1 fully saturated rings. The molecule has 4 rings (SSSR count). The molecule has 1 saturated carbocycles. The van der Waals surface area contributed by atoms with E-state index in [9.17, 15) is 14.9 Å². The third-order valence-corrected chi connectivity index (χ3v) is 7.28. The highest BCUT2D eigenvalue weighted by Crippen LogP contribution is 2.32. The Bertz CT molecular complexity index is 1160. The number of nitriles is 1. The number of nitrogens with zero attached hydrogens (tertiary/aromatic N) is 3. The monoisotopic (exact) mass is 424 g/mol. The fraction of sp³-hybridized carbons (Fsp3) is 0.333. The van der Waals surface area contributed by atoms with E-state index in [2.05, 4.69) is 16.4 Å². The molecule has 0 atom stereocenters. The minimum Gasteiger partial charge on any atom is -0.337 e. The first-order chi connectivity index (χ1) is 14.0. The Balaban J connectivity index is 1.55. The highest BCUT2D eigenvalue weighted by Gasteiger charge is 2.35. The molecule has 0 saturated heterocycles. The molecule has 1 aliphatic carbocycles. The summed E-state index contributed by atoms with van der Waals surface area (Å²) < 4.78 is 1.48. The van der Waals surface area contributed by atoms with Crippen LogP contribution in [0.4, 0.5) is 0 Å². The van der Waals surface area contributed by atoms with Crippen LogP contribution in [-0.4, -0.2) is 26.8 Å². The molecule has 2 aromatic heterocycles. The van der Waals surface area contributed by atoms with E-state index < -0.39 is 5.54 Å². The van der Waals surface area contributed by atoms with E-state index in [-0.39, 0.29) is 17.2 Å². The van der Waals surface area contributed by atoms with Gasteiger partial charge in [-0.25, -0.2) is 4.98 Å². The van der Waals surface area contributed by atoms with Crippen LogP contribution < -0.4 is 10.9 Å². The Morgan fingerprint density at radius 2 is 2.07 bits per heavy atom. The Morgan fingerprint density at radius 3 is 2.76 bits per heavy atom. The molecule has 1 amide bonds. The van der Waals surface area contributed by atoms with Gasteiger partial charge in [0, 0.05) is 11.9 Å². The maximum absolute atomic E-state index is 12.8. The van der Waals surface area contributed by atoms with Gasteiger partial charge in [0.15, 0.2) is 5.16 Å². The van der Waals surface area contributed by atoms with Gasteiger partial charge < -0.3 is 5.32 Å². The molecule has 6 nitrogen and oxygen atoms in total. The van der Waals surface area contributed by atoms with E-state index in [0.29, 0.717) is 28.2 Å². The van der Waals surface area contributed by atoms with Crippen molar-refractivity contribution in [3.05, 3.63) is 46.8 Å². The number of thioether (sulfide) groups is 1. The van der Waals surface area contributed by atoms with Crippen LogP contribution in [0, 0.1) is 11.3 Å². The number of benzene rings is 1. The minimum absolute atomic E-state index is 0.117. The Morgan fingerprint density at radius 1 is 1.34 bits per heavy atom. The average molecular weight is 425 g/mol. The molecular weight excluding hydrogens is 404 g/mol. The van der Waals surface area contributed by atoms with Crippen molar-refractivity contribution >= 4 is 39.2 Å². The third-order valence-electron chi connectivity index (χ3n) is 5.17. The molecule has 0 unspecified atom stereocenters. The average Bonchev–Trinajstić information content (AvgIpc) is 3.38. The summed E-state index contributed by atoms with van der Waals surface area (Å²) in [5, 5.41) is 13.4. The number of hydrogen-bond donors (Lipinski definition) is 1. The number of nitrogens with one attached hydrogen (secondary N) is 1. The van der Waals surface area contributed by atoms with Gasteiger partial charge in [0.25, 0.3) is 5.56 Å². The topological polar surface area (TPSA) is 87.8 Å². The minimum atomic E-state index is -0.737. The zero-order valence-electron chi connectivity index (χ0n) is 16.0. The molecule has 0 spiro atoms. The number of amides is 1. The van der Waals surface area contributed by atoms with Crippen LogP contribution in [0.3, 0.4) is 0 Å². The van der Waals surface area contributed by atoms with Gasteiger partial charge in [0.05, 0.1) is 17.2 Å². The standard InChI is InChI=1S/C21H20N4O2S2/c1-25-19(27)15-11-16(14-7-3-2-4-8-14)29-18(15)23-20(25)28-12-17(26)24-21(13-22)9-5-6-10-21/h2-4,7-8,11H,5-6,9-10,12H2,1H3,(H,24,26). The number of fused-ring (bicyclic) bond motifs is 1. The number of aromatic nitrogens is 2. The second-order valence-corrected chi connectivity index (χ2v) is 9.17. The lowest BCUT2D eigenvalue weighted by Crippen LogP contribution is -2.45. The van der Waals surface area contributed by atoms with Gasteiger partial charge in [0.2, 0.25) is 5.91 Å². The first-order valence-electron chi connectivity index (χ1n) is 9.42. The largest absolute Gasteiger partial charge is 0.337 e. The summed E-state index contributed by atoms with van der Waals surface area (Å²) in [4.78, 5) is 31.5. The zero-order chi connectivity index (χ0) is 20.4. The summed E-state index contributed by atoms with van der Waals surface area (Å²) in [5.41, 5.74) is 0.185. The van der Waals surface area contributed by atoms with E-state index in [1.165, 1.54) is 27.7 Å². The summed E-state index contributed by atoms with van der Waals surface area (Å²) in [7, 11) is 1.67. The number of rotatable bonds is 5. The smallest absolute Gasteiger partial charge is 0.262 e. The van der Waals surface area contributed by atoms with Gasteiger partial charge in [0.1, 0.15) is 10.4 Å². The maximum Gasteiger partial charge on any atom is 0.262 e. The summed E-state index contributed by atoms with van der Waals surface area (Å²) in [5.74, 6) is -0.0875. The highest BCUT2D eigenvalue weighted by molar-refractivity contribution is 7.99. The van der Waals surface area contributed by atoms with Crippen molar-refractivity contribution in [1.82, 2.24) is 14.9 Å². The molecule has 1 aromatic carbocycles. The van der Waals surface area contributed by atoms with Crippen LogP contribution >= 0.6 is 23.1 Å². The molecule has 0 radical (unpaired) electrons. The van der Waals surface area contributed by atoms with Crippen molar-refractivity contribution in [2.75, 3.05) is 5.75 Å². The van der Waals surface area contributed by atoms with Crippen LogP contribution in [-0.2, 0) is 11.8 Å². The van der Waals surface area contributed by atoms with Crippen molar-refractivity contribution in [2.45, 2.75) is 36.4 Å². The number of carbonyl (C=O) groups excluding carboxylic acids is 1. The van der Waals surface area contributed by atoms with Gasteiger partial charge in [-0.2, -0.15) is 5.26 Å². The van der Waals surface area contributed by atoms with Gasteiger partial charge in [-0.3, -0.25) is 14.2 Å². The number of thiophene rings is 1. The van der Waals surface area contributed by atoms with Crippen LogP contribution in [0.15, 0.2) is 46.3 Å². The van der Waals surface area contributed by atoms with Crippen molar-refractivity contribution in [3.8, 4) is 16.5 Å². The van der Waals surface area contributed by atoms with E-state index in [1.54, 1.807) is 7.05 Å². The second kappa shape index (κ2) is 8.01. The van der Waals surface area contributed by atoms with Crippen LogP contribution in [0.2, 0.25) is 0 Å². The summed E-state index contributed by atoms with van der Waals surface area (Å²) in [6.45, 7) is 0. The first-order valence-corrected chi connectivity index (χ1v) is 11.2. The Kier molecular flexibility index (Phi) is 5.43. The van der Waals surface area contributed by atoms with Gasteiger partial charge in [-0.15, -0.1) is 11.3 Å². The van der Waals surface area contributed by atoms with Crippen LogP contribution in [0.5, 0.6) is 0 Å². The fourth-order valence-corrected chi connectivity index (χ4v) is 5.45. The van der Waals surface area contributed by atoms with Gasteiger partial charge >= 0.3 is 0 Å². The molecule has 3 aromatic rings. The lowest BCUT2D eigenvalue weighted by Gasteiger charge is -2.21. The van der Waals surface area contributed by atoms with Crippen molar-refractivity contribution < 1.29 is 4.79 Å². The van der Waals surface area contributed by atoms with Gasteiger partial charge in [-0.05, 0) is 37.3 Å². The molecule has 8 heteroatoms. The zero-order valence-corrected chi connectivity index (χ0v) is 17.6. The van der Waals surface area contributed by atoms with E-state index in [0.717, 1.165) is 23.3 Å². The lowest BCUT2D eigenvalue weighted by molar-refractivity contribution is -0.119. The summed E-state index contributed by atoms with van der Waals surface area (Å²) in [6, 6.07) is 14.0. The predicted molar refractivity (Wildman–Crippen MR) is 116 cm³/mol. The Labute approximate surface area is 176 Å². The van der Waals surface area contributed by atoms with Gasteiger partial charge in [-0.1, -0.05) is 42.1 Å². The second-order valence-electron chi connectivity index (χ2n) is 7.19. The normalized spacial score (nSPS) is 15.3. The first kappa shape index (κ1) is 19.7. The molecule has 2 heterocycles. The van der Waals surface area contributed by atoms with Crippen molar-refractivity contribution in [1.29, 1.82) is 5.26 Å². The van der Waals surface area contributed by atoms with Crippen LogP contribution in [0.25, 0.3) is 20.7 Å². The lowest BCUT2D eigenvalue weighted by atomic mass is 10.0. The molecule has 0 aliphatic heterocycles. The molecule has 0 bridgehead atoms. The molecular formula is C21H20N4O2S2. The number of hydrogen-bond acceptors (Lipinski definition) is 6. The Hall–Kier alpha value is -2.63. The molecule has 1 aliphatic rings. The quantitative estimate of drug-likeness (QED) is 0.498. The molecule has 148 valence electrons. The molecule has 29 heavy (non-hydrogen) atoms. The molecule has 1 N–H and O–H groups in total. The maximum atomic E-state index is 12.8. The van der Waals surface area contributed by atoms with Crippen LogP contribution in [0.1, 0.15) is 25.7 Å². The highest BCUT2D eigenvalue weighted by atomic mass is 32.2. The predicted octanol–water partition coefficient (Wildman–Crippen LogP) is 3.71. The third kappa shape index (κ3) is 3.93. The van der Waals surface area contributed by atoms with Crippen molar-refractivity contribution in [3.63, 3.8) is 0 Å². The van der Waals surface area contributed by atoms with E-state index in [4.69, 9.17) is 0 Å². The van der Waals surface area contributed by atoms with Crippen molar-refractivity contribution in [2.24, 2.45) is 7.05 Å².